The monoisotopic (exact) mass is 495 g/mol. The molecular formula is C26H37N7O3. The third-order valence-corrected chi connectivity index (χ3v) is 6.85. The summed E-state index contributed by atoms with van der Waals surface area (Å²) in [5.41, 5.74) is 1.90. The maximum absolute atomic E-state index is 12.8. The number of likely N-dealkylation sites (N-methyl/N-ethyl adjacent to an activating group) is 1. The van der Waals surface area contributed by atoms with Gasteiger partial charge in [-0.25, -0.2) is 4.98 Å². The summed E-state index contributed by atoms with van der Waals surface area (Å²) in [7, 11) is 7.38. The van der Waals surface area contributed by atoms with Crippen molar-refractivity contribution in [2.45, 2.75) is 44.6 Å². The second-order valence-corrected chi connectivity index (χ2v) is 9.74. The largest absolute Gasteiger partial charge is 0.495 e. The highest BCUT2D eigenvalue weighted by Crippen LogP contribution is 2.33. The Balaban J connectivity index is 1.55. The molecule has 0 radical (unpaired) electrons. The van der Waals surface area contributed by atoms with Crippen LogP contribution in [0.25, 0.3) is 0 Å². The molecule has 1 fully saturated rings. The summed E-state index contributed by atoms with van der Waals surface area (Å²) < 4.78 is 5.58. The number of benzene rings is 1. The molecule has 1 aliphatic heterocycles. The summed E-state index contributed by atoms with van der Waals surface area (Å²) in [6, 6.07) is 5.56. The van der Waals surface area contributed by atoms with Gasteiger partial charge in [0.2, 0.25) is 11.9 Å². The Morgan fingerprint density at radius 2 is 2.00 bits per heavy atom. The lowest BCUT2D eigenvalue weighted by atomic mass is 9.95. The van der Waals surface area contributed by atoms with E-state index in [1.165, 1.54) is 6.42 Å². The fraction of sp³-hybridized carbons (Fsp3) is 0.538. The first-order valence-corrected chi connectivity index (χ1v) is 12.6. The van der Waals surface area contributed by atoms with Crippen LogP contribution in [0.3, 0.4) is 0 Å². The number of carbonyl (C=O) groups is 2. The predicted molar refractivity (Wildman–Crippen MR) is 141 cm³/mol. The molecule has 1 aromatic heterocycles. The van der Waals surface area contributed by atoms with Crippen LogP contribution in [0, 0.1) is 0 Å². The second kappa shape index (κ2) is 11.6. The molecule has 2 amide bonds. The van der Waals surface area contributed by atoms with E-state index in [0.29, 0.717) is 47.4 Å². The van der Waals surface area contributed by atoms with Crippen LogP contribution in [-0.2, 0) is 4.79 Å². The molecule has 10 heteroatoms. The normalized spacial score (nSPS) is 16.5. The van der Waals surface area contributed by atoms with Crippen LogP contribution in [0.4, 0.5) is 23.1 Å². The highest BCUT2D eigenvalue weighted by atomic mass is 16.5. The summed E-state index contributed by atoms with van der Waals surface area (Å²) in [6.45, 7) is 2.17. The molecule has 36 heavy (non-hydrogen) atoms. The van der Waals surface area contributed by atoms with E-state index >= 15 is 0 Å². The zero-order valence-electron chi connectivity index (χ0n) is 21.7. The van der Waals surface area contributed by atoms with Crippen molar-refractivity contribution in [3.8, 4) is 5.75 Å². The number of hydrogen-bond donors (Lipinski definition) is 2. The van der Waals surface area contributed by atoms with Gasteiger partial charge in [-0.05, 0) is 45.1 Å². The first kappa shape index (κ1) is 25.7. The molecule has 2 heterocycles. The van der Waals surface area contributed by atoms with Gasteiger partial charge in [0.25, 0.3) is 5.91 Å². The lowest BCUT2D eigenvalue weighted by Gasteiger charge is -2.25. The fourth-order valence-corrected chi connectivity index (χ4v) is 4.64. The minimum atomic E-state index is -0.0859. The molecule has 1 saturated carbocycles. The van der Waals surface area contributed by atoms with Gasteiger partial charge in [0, 0.05) is 44.7 Å². The quantitative estimate of drug-likeness (QED) is 0.576. The number of ether oxygens (including phenoxy) is 1. The van der Waals surface area contributed by atoms with E-state index in [2.05, 4.69) is 25.4 Å². The van der Waals surface area contributed by atoms with Crippen molar-refractivity contribution in [3.63, 3.8) is 0 Å². The van der Waals surface area contributed by atoms with Gasteiger partial charge in [-0.1, -0.05) is 19.3 Å². The number of hydrogen-bond acceptors (Lipinski definition) is 8. The third kappa shape index (κ3) is 6.04. The Kier molecular flexibility index (Phi) is 8.25. The first-order valence-electron chi connectivity index (χ1n) is 12.6. The Morgan fingerprint density at radius 3 is 2.72 bits per heavy atom. The molecule has 0 spiro atoms. The van der Waals surface area contributed by atoms with Crippen LogP contribution in [0.5, 0.6) is 5.75 Å². The second-order valence-electron chi connectivity index (χ2n) is 9.74. The van der Waals surface area contributed by atoms with Crippen LogP contribution >= 0.6 is 0 Å². The number of fused-ring (bicyclic) bond motifs is 1. The molecule has 1 aromatic carbocycles. The van der Waals surface area contributed by atoms with Crippen LogP contribution in [0.15, 0.2) is 24.4 Å². The SMILES string of the molecule is COc1cc(C(=O)NC2CCCCC2)ccc1Nc1ncc2c(n1)N(CCN(C)C)CCC(=O)N2C. The van der Waals surface area contributed by atoms with Gasteiger partial charge in [-0.2, -0.15) is 4.98 Å². The summed E-state index contributed by atoms with van der Waals surface area (Å²) >= 11 is 0. The summed E-state index contributed by atoms with van der Waals surface area (Å²) in [6.07, 6.45) is 7.72. The maximum Gasteiger partial charge on any atom is 0.251 e. The van der Waals surface area contributed by atoms with Gasteiger partial charge in [0.05, 0.1) is 19.0 Å². The van der Waals surface area contributed by atoms with Crippen molar-refractivity contribution >= 4 is 35.0 Å². The molecule has 2 N–H and O–H groups in total. The minimum Gasteiger partial charge on any atom is -0.495 e. The maximum atomic E-state index is 12.8. The Bertz CT molecular complexity index is 1090. The third-order valence-electron chi connectivity index (χ3n) is 6.85. The van der Waals surface area contributed by atoms with Crippen LogP contribution in [-0.4, -0.2) is 80.6 Å². The zero-order valence-corrected chi connectivity index (χ0v) is 21.7. The van der Waals surface area contributed by atoms with Crippen molar-refractivity contribution in [1.29, 1.82) is 0 Å². The molecular weight excluding hydrogens is 458 g/mol. The van der Waals surface area contributed by atoms with Crippen LogP contribution in [0.1, 0.15) is 48.9 Å². The number of anilines is 4. The van der Waals surface area contributed by atoms with E-state index in [4.69, 9.17) is 9.72 Å². The van der Waals surface area contributed by atoms with Crippen molar-refractivity contribution in [2.75, 3.05) is 63.0 Å². The lowest BCUT2D eigenvalue weighted by molar-refractivity contribution is -0.118. The zero-order chi connectivity index (χ0) is 25.7. The fourth-order valence-electron chi connectivity index (χ4n) is 4.64. The van der Waals surface area contributed by atoms with Gasteiger partial charge >= 0.3 is 0 Å². The molecule has 4 rings (SSSR count). The number of nitrogens with one attached hydrogen (secondary N) is 2. The highest BCUT2D eigenvalue weighted by molar-refractivity contribution is 5.97. The average Bonchev–Trinajstić information content (AvgIpc) is 2.99. The number of rotatable bonds is 8. The molecule has 194 valence electrons. The topological polar surface area (TPSA) is 103 Å². The van der Waals surface area contributed by atoms with Crippen LogP contribution in [0.2, 0.25) is 0 Å². The van der Waals surface area contributed by atoms with E-state index in [0.717, 1.165) is 38.8 Å². The Morgan fingerprint density at radius 1 is 1.22 bits per heavy atom. The van der Waals surface area contributed by atoms with E-state index in [1.54, 1.807) is 37.4 Å². The number of nitrogens with zero attached hydrogens (tertiary/aromatic N) is 5. The molecule has 1 aliphatic carbocycles. The van der Waals surface area contributed by atoms with E-state index in [1.807, 2.05) is 20.2 Å². The number of methoxy groups -OCH3 is 1. The minimum absolute atomic E-state index is 0.0386. The summed E-state index contributed by atoms with van der Waals surface area (Å²) in [5, 5.41) is 6.38. The highest BCUT2D eigenvalue weighted by Gasteiger charge is 2.26. The molecule has 2 aliphatic rings. The van der Waals surface area contributed by atoms with Crippen molar-refractivity contribution in [3.05, 3.63) is 30.0 Å². The number of carbonyl (C=O) groups excluding carboxylic acids is 2. The van der Waals surface area contributed by atoms with Crippen molar-refractivity contribution in [2.24, 2.45) is 0 Å². The van der Waals surface area contributed by atoms with E-state index in [9.17, 15) is 9.59 Å². The van der Waals surface area contributed by atoms with Crippen LogP contribution < -0.4 is 25.2 Å². The van der Waals surface area contributed by atoms with E-state index < -0.39 is 0 Å². The smallest absolute Gasteiger partial charge is 0.251 e. The Hall–Kier alpha value is -3.40. The molecule has 0 saturated heterocycles. The summed E-state index contributed by atoms with van der Waals surface area (Å²) in [5.74, 6) is 1.59. The van der Waals surface area contributed by atoms with Gasteiger partial charge in [-0.15, -0.1) is 0 Å². The number of amides is 2. The first-order chi connectivity index (χ1) is 17.4. The lowest BCUT2D eigenvalue weighted by Crippen LogP contribution is -2.36. The average molecular weight is 496 g/mol. The van der Waals surface area contributed by atoms with Crippen molar-refractivity contribution < 1.29 is 14.3 Å². The van der Waals surface area contributed by atoms with Crippen molar-refractivity contribution in [1.82, 2.24) is 20.2 Å². The molecule has 0 unspecified atom stereocenters. The summed E-state index contributed by atoms with van der Waals surface area (Å²) in [4.78, 5) is 40.4. The van der Waals surface area contributed by atoms with Gasteiger partial charge in [0.15, 0.2) is 5.82 Å². The standard InChI is InChI=1S/C26H37N7O3/c1-31(2)14-15-33-13-12-23(34)32(3)21-17-27-26(30-24(21)33)29-20-11-10-18(16-22(20)36-4)25(35)28-19-8-6-5-7-9-19/h10-11,16-17,19H,5-9,12-15H2,1-4H3,(H,28,35)(H,27,29,30). The molecule has 2 aromatic rings. The van der Waals surface area contributed by atoms with Gasteiger partial charge in [-0.3, -0.25) is 9.59 Å². The predicted octanol–water partition coefficient (Wildman–Crippen LogP) is 3.03. The molecule has 10 nitrogen and oxygen atoms in total. The van der Waals surface area contributed by atoms with Gasteiger partial charge < -0.3 is 30.1 Å². The molecule has 0 atom stereocenters. The van der Waals surface area contributed by atoms with Gasteiger partial charge in [0.1, 0.15) is 11.4 Å². The number of aromatic nitrogens is 2. The van der Waals surface area contributed by atoms with E-state index in [-0.39, 0.29) is 17.9 Å². The molecule has 0 bridgehead atoms. The Labute approximate surface area is 213 Å².